The molecular formula is C19H21N7. The summed E-state index contributed by atoms with van der Waals surface area (Å²) >= 11 is 0. The molecule has 3 aromatic heterocycles. The highest BCUT2D eigenvalue weighted by Crippen LogP contribution is 2.32. The summed E-state index contributed by atoms with van der Waals surface area (Å²) < 4.78 is 1.81. The van der Waals surface area contributed by atoms with Crippen LogP contribution in [0.15, 0.2) is 36.7 Å². The van der Waals surface area contributed by atoms with Gasteiger partial charge in [-0.25, -0.2) is 9.67 Å². The number of nitrogens with one attached hydrogen (secondary N) is 1. The quantitative estimate of drug-likeness (QED) is 0.602. The standard InChI is InChI=1S/C19H21N7/c1-24-5-7-26(8-6-24)14-10-15-16(12-21-19(15)20-11-14)13-3-4-17-18(9-13)25(2)23-22-17/h3-4,9-12H,5-8H2,1-2H3,(H,20,21). The molecule has 0 atom stereocenters. The van der Waals surface area contributed by atoms with Crippen molar-refractivity contribution in [1.82, 2.24) is 29.9 Å². The lowest BCUT2D eigenvalue weighted by Gasteiger charge is -2.33. The highest BCUT2D eigenvalue weighted by molar-refractivity contribution is 5.97. The molecule has 0 saturated carbocycles. The molecule has 1 N–H and O–H groups in total. The van der Waals surface area contributed by atoms with Crippen LogP contribution in [0.3, 0.4) is 0 Å². The first-order valence-electron chi connectivity index (χ1n) is 8.89. The number of benzene rings is 1. The van der Waals surface area contributed by atoms with Crippen molar-refractivity contribution in [3.63, 3.8) is 0 Å². The third kappa shape index (κ3) is 2.43. The number of piperazine rings is 1. The lowest BCUT2D eigenvalue weighted by molar-refractivity contribution is 0.313. The summed E-state index contributed by atoms with van der Waals surface area (Å²) in [4.78, 5) is 12.7. The number of anilines is 1. The lowest BCUT2D eigenvalue weighted by Crippen LogP contribution is -2.44. The Bertz CT molecular complexity index is 1090. The predicted molar refractivity (Wildman–Crippen MR) is 103 cm³/mol. The molecule has 7 nitrogen and oxygen atoms in total. The number of aromatic nitrogens is 5. The second-order valence-corrected chi connectivity index (χ2v) is 7.00. The minimum absolute atomic E-state index is 0.910. The molecule has 0 spiro atoms. The average molecular weight is 347 g/mol. The first-order valence-corrected chi connectivity index (χ1v) is 8.89. The van der Waals surface area contributed by atoms with Gasteiger partial charge in [-0.1, -0.05) is 11.3 Å². The van der Waals surface area contributed by atoms with E-state index in [1.165, 1.54) is 5.69 Å². The van der Waals surface area contributed by atoms with Crippen LogP contribution in [0.2, 0.25) is 0 Å². The summed E-state index contributed by atoms with van der Waals surface area (Å²) in [5.74, 6) is 0. The van der Waals surface area contributed by atoms with Crippen LogP contribution < -0.4 is 4.90 Å². The monoisotopic (exact) mass is 347 g/mol. The molecule has 132 valence electrons. The normalized spacial score (nSPS) is 16.0. The topological polar surface area (TPSA) is 65.9 Å². The molecule has 0 aliphatic carbocycles. The van der Waals surface area contributed by atoms with Gasteiger partial charge in [0, 0.05) is 50.4 Å². The summed E-state index contributed by atoms with van der Waals surface area (Å²) in [7, 11) is 4.09. The molecule has 26 heavy (non-hydrogen) atoms. The SMILES string of the molecule is CN1CCN(c2cnc3[nH]cc(-c4ccc5nnn(C)c5c4)c3c2)CC1. The number of hydrogen-bond donors (Lipinski definition) is 1. The third-order valence-electron chi connectivity index (χ3n) is 5.31. The zero-order valence-corrected chi connectivity index (χ0v) is 15.0. The maximum Gasteiger partial charge on any atom is 0.138 e. The molecule has 1 aliphatic heterocycles. The van der Waals surface area contributed by atoms with Crippen molar-refractivity contribution in [2.24, 2.45) is 7.05 Å². The Morgan fingerprint density at radius 3 is 2.73 bits per heavy atom. The van der Waals surface area contributed by atoms with Gasteiger partial charge < -0.3 is 14.8 Å². The van der Waals surface area contributed by atoms with Gasteiger partial charge in [-0.2, -0.15) is 0 Å². The van der Waals surface area contributed by atoms with Crippen molar-refractivity contribution in [3.8, 4) is 11.1 Å². The van der Waals surface area contributed by atoms with Crippen molar-refractivity contribution in [2.45, 2.75) is 0 Å². The van der Waals surface area contributed by atoms with Gasteiger partial charge >= 0.3 is 0 Å². The Morgan fingerprint density at radius 2 is 1.88 bits per heavy atom. The first kappa shape index (κ1) is 15.3. The van der Waals surface area contributed by atoms with Gasteiger partial charge in [-0.15, -0.1) is 5.10 Å². The molecule has 1 aliphatic rings. The average Bonchev–Trinajstić information content (AvgIpc) is 3.25. The Labute approximate surface area is 151 Å². The fraction of sp³-hybridized carbons (Fsp3) is 0.316. The maximum absolute atomic E-state index is 4.65. The number of fused-ring (bicyclic) bond motifs is 2. The van der Waals surface area contributed by atoms with Crippen LogP contribution in [-0.2, 0) is 7.05 Å². The number of aromatic amines is 1. The summed E-state index contributed by atoms with van der Waals surface area (Å²) in [6, 6.07) is 8.52. The summed E-state index contributed by atoms with van der Waals surface area (Å²) in [5.41, 5.74) is 6.35. The van der Waals surface area contributed by atoms with E-state index in [1.807, 2.05) is 30.2 Å². The van der Waals surface area contributed by atoms with Gasteiger partial charge in [0.1, 0.15) is 11.2 Å². The summed E-state index contributed by atoms with van der Waals surface area (Å²) in [6.07, 6.45) is 4.01. The van der Waals surface area contributed by atoms with E-state index in [0.29, 0.717) is 0 Å². The van der Waals surface area contributed by atoms with Gasteiger partial charge in [0.05, 0.1) is 17.4 Å². The molecule has 1 aromatic carbocycles. The molecule has 0 radical (unpaired) electrons. The Morgan fingerprint density at radius 1 is 1.04 bits per heavy atom. The molecule has 4 aromatic rings. The van der Waals surface area contributed by atoms with Crippen molar-refractivity contribution in [1.29, 1.82) is 0 Å². The van der Waals surface area contributed by atoms with Gasteiger partial charge in [-0.05, 0) is 30.8 Å². The van der Waals surface area contributed by atoms with Crippen LogP contribution in [0.4, 0.5) is 5.69 Å². The number of rotatable bonds is 2. The molecule has 0 unspecified atom stereocenters. The number of aryl methyl sites for hydroxylation is 1. The molecule has 1 fully saturated rings. The van der Waals surface area contributed by atoms with Crippen LogP contribution in [0, 0.1) is 0 Å². The number of H-pyrrole nitrogens is 1. The van der Waals surface area contributed by atoms with Crippen LogP contribution in [-0.4, -0.2) is 63.1 Å². The van der Waals surface area contributed by atoms with Gasteiger partial charge in [-0.3, -0.25) is 0 Å². The molecular weight excluding hydrogens is 326 g/mol. The van der Waals surface area contributed by atoms with E-state index in [9.17, 15) is 0 Å². The molecule has 5 rings (SSSR count). The second kappa shape index (κ2) is 5.81. The molecule has 0 amide bonds. The number of hydrogen-bond acceptors (Lipinski definition) is 5. The molecule has 0 bridgehead atoms. The van der Waals surface area contributed by atoms with Gasteiger partial charge in [0.2, 0.25) is 0 Å². The Kier molecular flexibility index (Phi) is 3.43. The Hall–Kier alpha value is -2.93. The third-order valence-corrected chi connectivity index (χ3v) is 5.31. The van der Waals surface area contributed by atoms with Crippen molar-refractivity contribution in [3.05, 3.63) is 36.7 Å². The Balaban J connectivity index is 1.58. The van der Waals surface area contributed by atoms with Gasteiger partial charge in [0.25, 0.3) is 0 Å². The zero-order valence-electron chi connectivity index (χ0n) is 15.0. The molecule has 7 heteroatoms. The van der Waals surface area contributed by atoms with Crippen LogP contribution in [0.5, 0.6) is 0 Å². The van der Waals surface area contributed by atoms with Crippen LogP contribution >= 0.6 is 0 Å². The van der Waals surface area contributed by atoms with E-state index in [-0.39, 0.29) is 0 Å². The number of pyridine rings is 1. The summed E-state index contributed by atoms with van der Waals surface area (Å²) in [5, 5.41) is 9.41. The van der Waals surface area contributed by atoms with Crippen molar-refractivity contribution < 1.29 is 0 Å². The number of nitrogens with zero attached hydrogens (tertiary/aromatic N) is 6. The number of likely N-dealkylation sites (N-methyl/N-ethyl adjacent to an activating group) is 1. The molecule has 4 heterocycles. The van der Waals surface area contributed by atoms with Crippen molar-refractivity contribution >= 4 is 27.8 Å². The van der Waals surface area contributed by atoms with Gasteiger partial charge in [0.15, 0.2) is 0 Å². The lowest BCUT2D eigenvalue weighted by atomic mass is 10.0. The summed E-state index contributed by atoms with van der Waals surface area (Å²) in [6.45, 7) is 4.25. The highest BCUT2D eigenvalue weighted by atomic mass is 15.4. The minimum Gasteiger partial charge on any atom is -0.368 e. The smallest absolute Gasteiger partial charge is 0.138 e. The largest absolute Gasteiger partial charge is 0.368 e. The van der Waals surface area contributed by atoms with Crippen LogP contribution in [0.25, 0.3) is 33.2 Å². The van der Waals surface area contributed by atoms with Crippen molar-refractivity contribution in [2.75, 3.05) is 38.1 Å². The maximum atomic E-state index is 4.65. The fourth-order valence-corrected chi connectivity index (χ4v) is 3.67. The second-order valence-electron chi connectivity index (χ2n) is 7.00. The van der Waals surface area contributed by atoms with E-state index in [4.69, 9.17) is 0 Å². The minimum atomic E-state index is 0.910. The van der Waals surface area contributed by atoms with E-state index in [2.05, 4.69) is 55.3 Å². The van der Waals surface area contributed by atoms with E-state index < -0.39 is 0 Å². The first-order chi connectivity index (χ1) is 12.7. The van der Waals surface area contributed by atoms with E-state index >= 15 is 0 Å². The fourth-order valence-electron chi connectivity index (χ4n) is 3.67. The predicted octanol–water partition coefficient (Wildman–Crippen LogP) is 2.26. The van der Waals surface area contributed by atoms with E-state index in [1.54, 1.807) is 0 Å². The van der Waals surface area contributed by atoms with E-state index in [0.717, 1.165) is 59.4 Å². The zero-order chi connectivity index (χ0) is 17.7. The molecule has 1 saturated heterocycles. The highest BCUT2D eigenvalue weighted by Gasteiger charge is 2.16. The van der Waals surface area contributed by atoms with Crippen LogP contribution in [0.1, 0.15) is 0 Å².